The van der Waals surface area contributed by atoms with E-state index in [2.05, 4.69) is 5.32 Å². The van der Waals surface area contributed by atoms with Gasteiger partial charge in [0.05, 0.1) is 10.6 Å². The molecule has 4 rings (SSSR count). The number of nitrogens with one attached hydrogen (secondary N) is 1. The molecular formula is C29H30Cl2FN3O4S. The summed E-state index contributed by atoms with van der Waals surface area (Å²) in [6.45, 7) is 0.639. The average Bonchev–Trinajstić information content (AvgIpc) is 3.45. The molecule has 1 aliphatic carbocycles. The fraction of sp³-hybridized carbons (Fsp3) is 0.310. The van der Waals surface area contributed by atoms with Gasteiger partial charge < -0.3 is 10.2 Å². The van der Waals surface area contributed by atoms with E-state index in [-0.39, 0.29) is 39.1 Å². The van der Waals surface area contributed by atoms with Gasteiger partial charge in [0.25, 0.3) is 10.0 Å². The number of benzene rings is 3. The van der Waals surface area contributed by atoms with E-state index in [1.165, 1.54) is 47.4 Å². The van der Waals surface area contributed by atoms with Crippen LogP contribution in [0.4, 0.5) is 10.1 Å². The molecule has 1 saturated carbocycles. The lowest BCUT2D eigenvalue weighted by molar-refractivity contribution is -0.139. The van der Waals surface area contributed by atoms with Gasteiger partial charge in [-0.05, 0) is 56.2 Å². The summed E-state index contributed by atoms with van der Waals surface area (Å²) in [6, 6.07) is 16.7. The van der Waals surface area contributed by atoms with Gasteiger partial charge in [-0.3, -0.25) is 13.9 Å². The molecule has 3 aromatic carbocycles. The van der Waals surface area contributed by atoms with E-state index >= 15 is 0 Å². The van der Waals surface area contributed by atoms with E-state index < -0.39 is 34.3 Å². The fourth-order valence-corrected chi connectivity index (χ4v) is 6.68. The normalized spacial score (nSPS) is 14.5. The molecule has 7 nitrogen and oxygen atoms in total. The van der Waals surface area contributed by atoms with Crippen LogP contribution in [0.1, 0.15) is 38.2 Å². The molecule has 0 aromatic heterocycles. The van der Waals surface area contributed by atoms with E-state index in [0.29, 0.717) is 5.56 Å². The first-order chi connectivity index (χ1) is 19.1. The largest absolute Gasteiger partial charge is 0.352 e. The van der Waals surface area contributed by atoms with Crippen molar-refractivity contribution in [3.05, 3.63) is 94.2 Å². The van der Waals surface area contributed by atoms with Crippen LogP contribution >= 0.6 is 23.2 Å². The molecule has 3 aromatic rings. The van der Waals surface area contributed by atoms with Crippen molar-refractivity contribution in [2.24, 2.45) is 0 Å². The van der Waals surface area contributed by atoms with Crippen molar-refractivity contribution in [2.75, 3.05) is 10.8 Å². The molecule has 0 aliphatic heterocycles. The lowest BCUT2D eigenvalue weighted by Crippen LogP contribution is -2.52. The van der Waals surface area contributed by atoms with Gasteiger partial charge in [0, 0.05) is 28.2 Å². The zero-order chi connectivity index (χ0) is 28.9. The number of halogens is 3. The number of amides is 2. The summed E-state index contributed by atoms with van der Waals surface area (Å²) >= 11 is 12.8. The van der Waals surface area contributed by atoms with Gasteiger partial charge >= 0.3 is 0 Å². The van der Waals surface area contributed by atoms with Crippen molar-refractivity contribution in [1.82, 2.24) is 10.2 Å². The van der Waals surface area contributed by atoms with Gasteiger partial charge in [0.1, 0.15) is 18.4 Å². The van der Waals surface area contributed by atoms with Crippen LogP contribution < -0.4 is 9.62 Å². The Kier molecular flexibility index (Phi) is 9.71. The van der Waals surface area contributed by atoms with Gasteiger partial charge in [-0.25, -0.2) is 12.8 Å². The monoisotopic (exact) mass is 605 g/mol. The second-order valence-electron chi connectivity index (χ2n) is 9.66. The molecule has 11 heteroatoms. The minimum absolute atomic E-state index is 0.00387. The highest BCUT2D eigenvalue weighted by atomic mass is 35.5. The Hall–Kier alpha value is -3.14. The first kappa shape index (κ1) is 29.8. The van der Waals surface area contributed by atoms with Crippen molar-refractivity contribution in [1.29, 1.82) is 0 Å². The number of anilines is 1. The maximum Gasteiger partial charge on any atom is 0.264 e. The lowest BCUT2D eigenvalue weighted by atomic mass is 10.1. The Bertz CT molecular complexity index is 1450. The molecule has 2 amide bonds. The molecule has 212 valence electrons. The number of para-hydroxylation sites is 1. The molecule has 0 saturated heterocycles. The van der Waals surface area contributed by atoms with Gasteiger partial charge in [-0.2, -0.15) is 0 Å². The third kappa shape index (κ3) is 6.77. The molecule has 1 fully saturated rings. The summed E-state index contributed by atoms with van der Waals surface area (Å²) in [5.41, 5.74) is 0.113. The summed E-state index contributed by atoms with van der Waals surface area (Å²) in [6.07, 6.45) is 3.70. The van der Waals surface area contributed by atoms with E-state index in [1.807, 2.05) is 0 Å². The highest BCUT2D eigenvalue weighted by molar-refractivity contribution is 7.92. The van der Waals surface area contributed by atoms with Crippen LogP contribution in [0.5, 0.6) is 0 Å². The quantitative estimate of drug-likeness (QED) is 0.316. The molecule has 0 bridgehead atoms. The van der Waals surface area contributed by atoms with Crippen LogP contribution in [-0.2, 0) is 26.2 Å². The van der Waals surface area contributed by atoms with Crippen LogP contribution in [0.25, 0.3) is 0 Å². The number of nitrogens with zero attached hydrogens (tertiary/aromatic N) is 2. The number of hydrogen-bond donors (Lipinski definition) is 1. The number of rotatable bonds is 10. The number of sulfonamides is 1. The smallest absolute Gasteiger partial charge is 0.264 e. The Labute approximate surface area is 243 Å². The second-order valence-corrected chi connectivity index (χ2v) is 12.3. The molecule has 40 heavy (non-hydrogen) atoms. The highest BCUT2D eigenvalue weighted by Crippen LogP contribution is 2.29. The Balaban J connectivity index is 1.72. The van der Waals surface area contributed by atoms with E-state index in [4.69, 9.17) is 23.2 Å². The summed E-state index contributed by atoms with van der Waals surface area (Å²) in [4.78, 5) is 28.3. The van der Waals surface area contributed by atoms with E-state index in [9.17, 15) is 22.4 Å². The lowest BCUT2D eigenvalue weighted by Gasteiger charge is -2.33. The molecular weight excluding hydrogens is 576 g/mol. The third-order valence-corrected chi connectivity index (χ3v) is 9.47. The van der Waals surface area contributed by atoms with Crippen LogP contribution in [0.2, 0.25) is 10.0 Å². The van der Waals surface area contributed by atoms with Gasteiger partial charge in [0.2, 0.25) is 11.8 Å². The molecule has 1 N–H and O–H groups in total. The highest BCUT2D eigenvalue weighted by Gasteiger charge is 2.34. The SMILES string of the molecule is C[C@@H](C(=O)NC1CCCC1)N(Cc1c(Cl)cccc1Cl)C(=O)CN(c1ccccc1F)S(=O)(=O)c1ccccc1. The second kappa shape index (κ2) is 13.0. The van der Waals surface area contributed by atoms with Crippen molar-refractivity contribution >= 4 is 50.7 Å². The van der Waals surface area contributed by atoms with Crippen molar-refractivity contribution in [2.45, 2.75) is 56.1 Å². The maximum absolute atomic E-state index is 15.0. The standard InChI is InChI=1S/C29H30Cl2FN3O4S/c1-20(29(37)33-21-10-5-6-11-21)34(18-23-24(30)14-9-15-25(23)31)28(36)19-35(27-17-8-7-16-26(27)32)40(38,39)22-12-3-2-4-13-22/h2-4,7-9,12-17,20-21H,5-6,10-11,18-19H2,1H3,(H,33,37)/t20-/m0/s1. The minimum atomic E-state index is -4.37. The number of carbonyl (C=O) groups is 2. The first-order valence-electron chi connectivity index (χ1n) is 12.9. The van der Waals surface area contributed by atoms with Gasteiger partial charge in [0.15, 0.2) is 0 Å². The third-order valence-electron chi connectivity index (χ3n) is 6.99. The van der Waals surface area contributed by atoms with Crippen LogP contribution in [0.15, 0.2) is 77.7 Å². The predicted molar refractivity (Wildman–Crippen MR) is 154 cm³/mol. The topological polar surface area (TPSA) is 86.8 Å². The van der Waals surface area contributed by atoms with Crippen molar-refractivity contribution in [3.8, 4) is 0 Å². The maximum atomic E-state index is 15.0. The molecule has 1 atom stereocenters. The number of hydrogen-bond acceptors (Lipinski definition) is 4. The summed E-state index contributed by atoms with van der Waals surface area (Å²) in [5.74, 6) is -1.93. The minimum Gasteiger partial charge on any atom is -0.352 e. The molecule has 0 spiro atoms. The predicted octanol–water partition coefficient (Wildman–Crippen LogP) is 5.80. The fourth-order valence-electron chi connectivity index (χ4n) is 4.72. The Morgan fingerprint density at radius 3 is 2.17 bits per heavy atom. The van der Waals surface area contributed by atoms with Crippen molar-refractivity contribution < 1.29 is 22.4 Å². The summed E-state index contributed by atoms with van der Waals surface area (Å²) < 4.78 is 43.1. The van der Waals surface area contributed by atoms with Gasteiger partial charge in [-0.15, -0.1) is 0 Å². The van der Waals surface area contributed by atoms with Crippen LogP contribution in [0, 0.1) is 5.82 Å². The van der Waals surface area contributed by atoms with E-state index in [0.717, 1.165) is 36.1 Å². The first-order valence-corrected chi connectivity index (χ1v) is 15.1. The van der Waals surface area contributed by atoms with Crippen LogP contribution in [0.3, 0.4) is 0 Å². The Morgan fingerprint density at radius 1 is 0.950 bits per heavy atom. The summed E-state index contributed by atoms with van der Waals surface area (Å²) in [5, 5.41) is 3.57. The van der Waals surface area contributed by atoms with Crippen LogP contribution in [-0.4, -0.2) is 43.8 Å². The molecule has 0 radical (unpaired) electrons. The Morgan fingerprint density at radius 2 is 1.55 bits per heavy atom. The zero-order valence-corrected chi connectivity index (χ0v) is 24.2. The molecule has 0 heterocycles. The molecule has 0 unspecified atom stereocenters. The summed E-state index contributed by atoms with van der Waals surface area (Å²) in [7, 11) is -4.37. The zero-order valence-electron chi connectivity index (χ0n) is 21.9. The van der Waals surface area contributed by atoms with Crippen molar-refractivity contribution in [3.63, 3.8) is 0 Å². The molecule has 1 aliphatic rings. The number of carbonyl (C=O) groups excluding carboxylic acids is 2. The average molecular weight is 607 g/mol. The van der Waals surface area contributed by atoms with E-state index in [1.54, 1.807) is 31.2 Å². The van der Waals surface area contributed by atoms with Gasteiger partial charge in [-0.1, -0.05) is 72.4 Å².